The van der Waals surface area contributed by atoms with E-state index in [9.17, 15) is 34.2 Å². The molecule has 0 aromatic heterocycles. The fourth-order valence-corrected chi connectivity index (χ4v) is 6.73. The monoisotopic (exact) mass is 728 g/mol. The largest absolute Gasteiger partial charge is 0.508 e. The van der Waals surface area contributed by atoms with Crippen LogP contribution in [0.4, 0.5) is 0 Å². The zero-order valence-corrected chi connectivity index (χ0v) is 31.3. The number of aromatic hydroxyl groups is 1. The van der Waals surface area contributed by atoms with Gasteiger partial charge >= 0.3 is 23.9 Å². The van der Waals surface area contributed by atoms with Crippen LogP contribution in [0.2, 0.25) is 5.02 Å². The number of hydrogen-bond acceptors (Lipinski definition) is 10. The van der Waals surface area contributed by atoms with E-state index in [0.29, 0.717) is 45.4 Å². The molecule has 0 saturated carbocycles. The molecule has 0 amide bonds. The third kappa shape index (κ3) is 6.95. The zero-order chi connectivity index (χ0) is 39.1. The lowest BCUT2D eigenvalue weighted by molar-refractivity contribution is -0.137. The van der Waals surface area contributed by atoms with Crippen molar-refractivity contribution in [3.8, 4) is 23.0 Å². The number of methoxy groups -OCH3 is 1. The average molecular weight is 729 g/mol. The van der Waals surface area contributed by atoms with Gasteiger partial charge in [0.05, 0.1) is 23.3 Å². The minimum atomic E-state index is -1.20. The molecule has 0 saturated heterocycles. The second-order valence-corrected chi connectivity index (χ2v) is 13.0. The summed E-state index contributed by atoms with van der Waals surface area (Å²) >= 11 is 6.37. The van der Waals surface area contributed by atoms with Crippen LogP contribution in [0, 0.1) is 54.4 Å². The van der Waals surface area contributed by atoms with Crippen molar-refractivity contribution in [1.82, 2.24) is 0 Å². The van der Waals surface area contributed by atoms with E-state index in [4.69, 9.17) is 38.4 Å². The Morgan fingerprint density at radius 1 is 0.788 bits per heavy atom. The Balaban J connectivity index is 1.68. The summed E-state index contributed by atoms with van der Waals surface area (Å²) in [5, 5.41) is 20.8. The minimum absolute atomic E-state index is 0.0319. The quantitative estimate of drug-likeness (QED) is 0.145. The Morgan fingerprint density at radius 3 is 1.94 bits per heavy atom. The van der Waals surface area contributed by atoms with E-state index in [2.05, 4.69) is 0 Å². The molecular formula is C39H38BClO11. The predicted octanol–water partition coefficient (Wildman–Crippen LogP) is 6.28. The van der Waals surface area contributed by atoms with Crippen LogP contribution in [-0.4, -0.2) is 54.8 Å². The Bertz CT molecular complexity index is 2100. The van der Waals surface area contributed by atoms with Gasteiger partial charge in [-0.1, -0.05) is 18.5 Å². The van der Waals surface area contributed by atoms with Crippen LogP contribution < -0.4 is 19.7 Å². The van der Waals surface area contributed by atoms with Gasteiger partial charge in [0.1, 0.15) is 48.1 Å². The average Bonchev–Trinajstić information content (AvgIpc) is 3.06. The summed E-state index contributed by atoms with van der Waals surface area (Å²) in [5.41, 5.74) is 2.94. The van der Waals surface area contributed by atoms with Gasteiger partial charge < -0.3 is 29.2 Å². The molecule has 1 aliphatic carbocycles. The first-order valence-electron chi connectivity index (χ1n) is 16.2. The van der Waals surface area contributed by atoms with Crippen LogP contribution in [0.5, 0.6) is 23.0 Å². The molecule has 2 N–H and O–H groups in total. The fourth-order valence-electron chi connectivity index (χ4n) is 6.42. The SMILES string of the molecule is [B]c1c(O)c(C(=O)Oc2cc(C)c(C(=O)Oc3c(C)c(C)c(C(=O)O)c(Cl)c3C)c(C)c2CC)c(C)c(C)c1OC(=O)C1C(C)=CC(=O)C=C1OC. The first-order chi connectivity index (χ1) is 24.3. The molecule has 1 atom stereocenters. The summed E-state index contributed by atoms with van der Waals surface area (Å²) in [6, 6.07) is 1.51. The number of phenolic OH excluding ortho intramolecular Hbond substituents is 1. The molecule has 1 aliphatic rings. The Kier molecular flexibility index (Phi) is 11.4. The van der Waals surface area contributed by atoms with E-state index in [1.54, 1.807) is 48.5 Å². The zero-order valence-electron chi connectivity index (χ0n) is 30.5. The van der Waals surface area contributed by atoms with Crippen LogP contribution in [0.15, 0.2) is 29.6 Å². The van der Waals surface area contributed by atoms with Gasteiger partial charge in [-0.05, 0) is 124 Å². The molecule has 4 rings (SSSR count). The van der Waals surface area contributed by atoms with E-state index in [-0.39, 0.29) is 67.1 Å². The number of carbonyl (C=O) groups is 5. The second kappa shape index (κ2) is 15.1. The topological polar surface area (TPSA) is 163 Å². The van der Waals surface area contributed by atoms with Gasteiger partial charge in [-0.3, -0.25) is 9.59 Å². The molecule has 0 aliphatic heterocycles. The van der Waals surface area contributed by atoms with E-state index in [1.807, 2.05) is 6.92 Å². The lowest BCUT2D eigenvalue weighted by atomic mass is 9.86. The molecule has 0 bridgehead atoms. The van der Waals surface area contributed by atoms with Gasteiger partial charge in [0.2, 0.25) is 0 Å². The van der Waals surface area contributed by atoms with E-state index < -0.39 is 35.5 Å². The number of ketones is 1. The van der Waals surface area contributed by atoms with Crippen molar-refractivity contribution in [2.45, 2.75) is 68.7 Å². The summed E-state index contributed by atoms with van der Waals surface area (Å²) in [5.74, 6) is -5.50. The highest BCUT2D eigenvalue weighted by atomic mass is 35.5. The Hall–Kier alpha value is -5.36. The van der Waals surface area contributed by atoms with Crippen molar-refractivity contribution in [3.05, 3.63) is 95.8 Å². The van der Waals surface area contributed by atoms with Gasteiger partial charge in [0.25, 0.3) is 0 Å². The number of carboxylic acid groups (broad SMARTS) is 1. The van der Waals surface area contributed by atoms with Crippen molar-refractivity contribution in [2.24, 2.45) is 5.92 Å². The molecule has 270 valence electrons. The van der Waals surface area contributed by atoms with Gasteiger partial charge in [-0.15, -0.1) is 0 Å². The number of allylic oxidation sites excluding steroid dienone is 2. The number of esters is 3. The number of ether oxygens (including phenoxy) is 4. The molecule has 0 fully saturated rings. The molecule has 2 radical (unpaired) electrons. The molecular weight excluding hydrogens is 691 g/mol. The summed E-state index contributed by atoms with van der Waals surface area (Å²) in [6.07, 6.45) is 2.81. The summed E-state index contributed by atoms with van der Waals surface area (Å²) in [6.45, 7) is 14.6. The van der Waals surface area contributed by atoms with Crippen molar-refractivity contribution in [3.63, 3.8) is 0 Å². The van der Waals surface area contributed by atoms with Gasteiger partial charge in [-0.2, -0.15) is 0 Å². The number of aromatic carboxylic acids is 1. The summed E-state index contributed by atoms with van der Waals surface area (Å²) < 4.78 is 22.5. The van der Waals surface area contributed by atoms with E-state index >= 15 is 0 Å². The van der Waals surface area contributed by atoms with Crippen molar-refractivity contribution < 1.29 is 53.1 Å². The fraction of sp³-hybridized carbons (Fsp3) is 0.308. The van der Waals surface area contributed by atoms with Crippen LogP contribution in [0.25, 0.3) is 0 Å². The lowest BCUT2D eigenvalue weighted by Gasteiger charge is -2.24. The predicted molar refractivity (Wildman–Crippen MR) is 194 cm³/mol. The molecule has 3 aromatic carbocycles. The highest BCUT2D eigenvalue weighted by Crippen LogP contribution is 2.39. The molecule has 1 unspecified atom stereocenters. The molecule has 0 spiro atoms. The highest BCUT2D eigenvalue weighted by Gasteiger charge is 2.34. The number of aryl methyl sites for hydroxylation is 1. The van der Waals surface area contributed by atoms with Gasteiger partial charge in [0.15, 0.2) is 5.78 Å². The Morgan fingerprint density at radius 2 is 1.37 bits per heavy atom. The number of phenols is 1. The smallest absolute Gasteiger partial charge is 0.347 e. The number of carboxylic acids is 1. The number of hydrogen-bond donors (Lipinski definition) is 2. The normalized spacial score (nSPS) is 14.0. The highest BCUT2D eigenvalue weighted by molar-refractivity contribution is 6.37. The molecule has 3 aromatic rings. The first-order valence-corrected chi connectivity index (χ1v) is 16.6. The lowest BCUT2D eigenvalue weighted by Crippen LogP contribution is -2.30. The van der Waals surface area contributed by atoms with E-state index in [1.165, 1.54) is 32.3 Å². The first kappa shape index (κ1) is 39.4. The maximum atomic E-state index is 13.7. The Labute approximate surface area is 307 Å². The van der Waals surface area contributed by atoms with Crippen LogP contribution in [-0.2, 0) is 20.7 Å². The number of rotatable bonds is 9. The van der Waals surface area contributed by atoms with Crippen molar-refractivity contribution in [2.75, 3.05) is 7.11 Å². The molecule has 11 nitrogen and oxygen atoms in total. The van der Waals surface area contributed by atoms with Crippen LogP contribution in [0.1, 0.15) is 89.4 Å². The van der Waals surface area contributed by atoms with Crippen LogP contribution in [0.3, 0.4) is 0 Å². The third-order valence-electron chi connectivity index (χ3n) is 9.49. The van der Waals surface area contributed by atoms with E-state index in [0.717, 1.165) is 0 Å². The molecule has 52 heavy (non-hydrogen) atoms. The molecule has 13 heteroatoms. The van der Waals surface area contributed by atoms with Gasteiger partial charge in [0, 0.05) is 11.6 Å². The van der Waals surface area contributed by atoms with Crippen LogP contribution >= 0.6 is 11.6 Å². The number of halogens is 1. The maximum Gasteiger partial charge on any atom is 0.347 e. The van der Waals surface area contributed by atoms with Crippen molar-refractivity contribution >= 4 is 54.6 Å². The number of carbonyl (C=O) groups excluding carboxylic acids is 4. The number of benzene rings is 3. The third-order valence-corrected chi connectivity index (χ3v) is 9.96. The standard InChI is InChI=1S/C39H38BClO11/c1-11-24-21(8)27(37(46)51-34-19(6)17(4)29(36(44)45)32(41)22(34)9)16(3)13-25(24)50-39(48)30-18(5)20(7)35(31(40)33(30)43)52-38(47)28-15(2)12-23(42)14-26(28)49-10/h12-14,28,43H,11H2,1-10H3,(H,44,45). The minimum Gasteiger partial charge on any atom is -0.508 e. The van der Waals surface area contributed by atoms with Crippen molar-refractivity contribution in [1.29, 1.82) is 0 Å². The second-order valence-electron chi connectivity index (χ2n) is 12.6. The summed E-state index contributed by atoms with van der Waals surface area (Å²) in [7, 11) is 7.55. The summed E-state index contributed by atoms with van der Waals surface area (Å²) in [4.78, 5) is 64.4. The van der Waals surface area contributed by atoms with Gasteiger partial charge in [-0.25, -0.2) is 14.4 Å². The molecule has 0 heterocycles. The maximum absolute atomic E-state index is 13.7.